The Balaban J connectivity index is 2.27. The summed E-state index contributed by atoms with van der Waals surface area (Å²) in [5, 5.41) is 0. The van der Waals surface area contributed by atoms with Gasteiger partial charge in [0.15, 0.2) is 0 Å². The number of hydrogen-bond acceptors (Lipinski definition) is 4. The molecule has 0 radical (unpaired) electrons. The SMILES string of the molecule is CCCN(C1CCC(N)CC1)S(=O)(=O)c1cc(C)c(Br)s1. The standard InChI is InChI=1S/C14H23BrN2O2S2/c1-3-8-17(12-6-4-11(16)5-7-12)21(18,19)13-9-10(2)14(15)20-13/h9,11-12H,3-8,16H2,1-2H3. The van der Waals surface area contributed by atoms with Crippen molar-refractivity contribution in [1.82, 2.24) is 4.31 Å². The molecule has 4 nitrogen and oxygen atoms in total. The summed E-state index contributed by atoms with van der Waals surface area (Å²) in [4.78, 5) is 0. The van der Waals surface area contributed by atoms with Crippen LogP contribution in [-0.2, 0) is 10.0 Å². The quantitative estimate of drug-likeness (QED) is 0.830. The van der Waals surface area contributed by atoms with Gasteiger partial charge in [0.1, 0.15) is 4.21 Å². The van der Waals surface area contributed by atoms with Gasteiger partial charge in [-0.15, -0.1) is 11.3 Å². The van der Waals surface area contributed by atoms with Crippen LogP contribution in [0.1, 0.15) is 44.6 Å². The van der Waals surface area contributed by atoms with Crippen LogP contribution in [0.4, 0.5) is 0 Å². The molecule has 1 saturated carbocycles. The highest BCUT2D eigenvalue weighted by Crippen LogP contribution is 2.35. The lowest BCUT2D eigenvalue weighted by atomic mass is 9.92. The summed E-state index contributed by atoms with van der Waals surface area (Å²) >= 11 is 4.72. The van der Waals surface area contributed by atoms with E-state index in [0.29, 0.717) is 10.8 Å². The molecule has 1 fully saturated rings. The van der Waals surface area contributed by atoms with Crippen molar-refractivity contribution in [2.75, 3.05) is 6.54 Å². The molecule has 2 N–H and O–H groups in total. The normalized spacial score (nSPS) is 23.7. The Bertz CT molecular complexity index is 558. The van der Waals surface area contributed by atoms with Crippen molar-refractivity contribution in [2.45, 2.75) is 62.2 Å². The largest absolute Gasteiger partial charge is 0.328 e. The molecule has 0 amide bonds. The van der Waals surface area contributed by atoms with E-state index in [0.717, 1.165) is 41.5 Å². The number of aryl methyl sites for hydroxylation is 1. The summed E-state index contributed by atoms with van der Waals surface area (Å²) in [7, 11) is -3.40. The van der Waals surface area contributed by atoms with Crippen LogP contribution in [0.15, 0.2) is 14.1 Å². The Morgan fingerprint density at radius 1 is 1.38 bits per heavy atom. The molecule has 1 aromatic heterocycles. The van der Waals surface area contributed by atoms with Crippen molar-refractivity contribution in [3.8, 4) is 0 Å². The van der Waals surface area contributed by atoms with Gasteiger partial charge < -0.3 is 5.73 Å². The fraction of sp³-hybridized carbons (Fsp3) is 0.714. The van der Waals surface area contributed by atoms with Gasteiger partial charge in [-0.3, -0.25) is 0 Å². The average molecular weight is 395 g/mol. The lowest BCUT2D eigenvalue weighted by Gasteiger charge is -2.34. The van der Waals surface area contributed by atoms with Gasteiger partial charge >= 0.3 is 0 Å². The second kappa shape index (κ2) is 7.08. The Labute approximate surface area is 139 Å². The predicted molar refractivity (Wildman–Crippen MR) is 91.2 cm³/mol. The molecule has 0 saturated heterocycles. The fourth-order valence-corrected chi connectivity index (χ4v) is 6.92. The summed E-state index contributed by atoms with van der Waals surface area (Å²) in [6.45, 7) is 4.52. The van der Waals surface area contributed by atoms with Gasteiger partial charge in [0.25, 0.3) is 10.0 Å². The number of nitrogens with two attached hydrogens (primary N) is 1. The Morgan fingerprint density at radius 2 is 2.00 bits per heavy atom. The van der Waals surface area contributed by atoms with Gasteiger partial charge in [0, 0.05) is 18.6 Å². The number of nitrogens with zero attached hydrogens (tertiary/aromatic N) is 1. The van der Waals surface area contributed by atoms with Crippen LogP contribution < -0.4 is 5.73 Å². The summed E-state index contributed by atoms with van der Waals surface area (Å²) in [5.41, 5.74) is 6.92. The van der Waals surface area contributed by atoms with Crippen molar-refractivity contribution in [2.24, 2.45) is 5.73 Å². The molecule has 1 heterocycles. The van der Waals surface area contributed by atoms with Crippen LogP contribution in [0.5, 0.6) is 0 Å². The molecule has 2 rings (SSSR count). The monoisotopic (exact) mass is 394 g/mol. The highest BCUT2D eigenvalue weighted by molar-refractivity contribution is 9.11. The molecule has 0 unspecified atom stereocenters. The van der Waals surface area contributed by atoms with E-state index in [-0.39, 0.29) is 12.1 Å². The highest BCUT2D eigenvalue weighted by atomic mass is 79.9. The minimum Gasteiger partial charge on any atom is -0.328 e. The third-order valence-corrected chi connectivity index (χ3v) is 8.53. The maximum absolute atomic E-state index is 13.0. The van der Waals surface area contributed by atoms with Crippen molar-refractivity contribution in [1.29, 1.82) is 0 Å². The predicted octanol–water partition coefficient (Wildman–Crippen LogP) is 3.49. The molecule has 21 heavy (non-hydrogen) atoms. The second-order valence-corrected chi connectivity index (χ2v) is 10.2. The lowest BCUT2D eigenvalue weighted by molar-refractivity contribution is 0.240. The smallest absolute Gasteiger partial charge is 0.252 e. The van der Waals surface area contributed by atoms with Crippen molar-refractivity contribution < 1.29 is 8.42 Å². The summed E-state index contributed by atoms with van der Waals surface area (Å²) < 4.78 is 28.9. The number of thiophene rings is 1. The highest BCUT2D eigenvalue weighted by Gasteiger charge is 2.34. The van der Waals surface area contributed by atoms with Crippen molar-refractivity contribution >= 4 is 37.3 Å². The zero-order valence-corrected chi connectivity index (χ0v) is 15.7. The summed E-state index contributed by atoms with van der Waals surface area (Å²) in [6, 6.07) is 2.09. The molecule has 7 heteroatoms. The van der Waals surface area contributed by atoms with Crippen LogP contribution in [-0.4, -0.2) is 31.4 Å². The van der Waals surface area contributed by atoms with Gasteiger partial charge in [-0.2, -0.15) is 4.31 Å². The van der Waals surface area contributed by atoms with Gasteiger partial charge in [-0.25, -0.2) is 8.42 Å². The van der Waals surface area contributed by atoms with Gasteiger partial charge in [-0.1, -0.05) is 6.92 Å². The van der Waals surface area contributed by atoms with Crippen LogP contribution in [0.25, 0.3) is 0 Å². The van der Waals surface area contributed by atoms with E-state index in [2.05, 4.69) is 15.9 Å². The Kier molecular flexibility index (Phi) is 5.87. The number of rotatable bonds is 5. The Morgan fingerprint density at radius 3 is 2.48 bits per heavy atom. The van der Waals surface area contributed by atoms with E-state index < -0.39 is 10.0 Å². The molecule has 0 atom stereocenters. The number of sulfonamides is 1. The minimum absolute atomic E-state index is 0.0935. The molecule has 1 aliphatic carbocycles. The lowest BCUT2D eigenvalue weighted by Crippen LogP contribution is -2.44. The van der Waals surface area contributed by atoms with Crippen LogP contribution >= 0.6 is 27.3 Å². The third-order valence-electron chi connectivity index (χ3n) is 3.99. The molecule has 0 aliphatic heterocycles. The van der Waals surface area contributed by atoms with Crippen molar-refractivity contribution in [3.63, 3.8) is 0 Å². The molecular formula is C14H23BrN2O2S2. The first kappa shape index (κ1) is 17.4. The number of halogens is 1. The first-order valence-corrected chi connectivity index (χ1v) is 10.4. The first-order valence-electron chi connectivity index (χ1n) is 7.39. The van der Waals surface area contributed by atoms with E-state index in [1.54, 1.807) is 10.4 Å². The van der Waals surface area contributed by atoms with Gasteiger partial charge in [0.2, 0.25) is 0 Å². The zero-order chi connectivity index (χ0) is 15.6. The average Bonchev–Trinajstić information content (AvgIpc) is 2.78. The molecular weight excluding hydrogens is 372 g/mol. The molecule has 1 aromatic rings. The topological polar surface area (TPSA) is 63.4 Å². The minimum atomic E-state index is -3.40. The Hall–Kier alpha value is 0.0500. The van der Waals surface area contributed by atoms with Crippen LogP contribution in [0.2, 0.25) is 0 Å². The molecule has 0 spiro atoms. The van der Waals surface area contributed by atoms with E-state index in [1.165, 1.54) is 11.3 Å². The van der Waals surface area contributed by atoms with E-state index in [4.69, 9.17) is 5.73 Å². The maximum atomic E-state index is 13.0. The van der Waals surface area contributed by atoms with Gasteiger partial charge in [-0.05, 0) is 66.6 Å². The van der Waals surface area contributed by atoms with E-state index in [9.17, 15) is 8.42 Å². The van der Waals surface area contributed by atoms with Gasteiger partial charge in [0.05, 0.1) is 3.79 Å². The zero-order valence-electron chi connectivity index (χ0n) is 12.5. The van der Waals surface area contributed by atoms with Crippen LogP contribution in [0.3, 0.4) is 0 Å². The first-order chi connectivity index (χ1) is 9.86. The van der Waals surface area contributed by atoms with Crippen molar-refractivity contribution in [3.05, 3.63) is 15.4 Å². The van der Waals surface area contributed by atoms with E-state index >= 15 is 0 Å². The maximum Gasteiger partial charge on any atom is 0.252 e. The molecule has 0 bridgehead atoms. The molecule has 120 valence electrons. The molecule has 1 aliphatic rings. The summed E-state index contributed by atoms with van der Waals surface area (Å²) in [5.74, 6) is 0. The second-order valence-electron chi connectivity index (χ2n) is 5.71. The van der Waals surface area contributed by atoms with Crippen LogP contribution in [0, 0.1) is 6.92 Å². The summed E-state index contributed by atoms with van der Waals surface area (Å²) in [6.07, 6.45) is 4.38. The fourth-order valence-electron chi connectivity index (χ4n) is 2.78. The third kappa shape index (κ3) is 3.88. The van der Waals surface area contributed by atoms with E-state index in [1.807, 2.05) is 13.8 Å². The number of hydrogen-bond donors (Lipinski definition) is 1. The molecule has 0 aromatic carbocycles.